The first kappa shape index (κ1) is 17.0. The molecular weight excluding hydrogens is 296 g/mol. The maximum atomic E-state index is 12.2. The van der Waals surface area contributed by atoms with E-state index in [9.17, 15) is 9.90 Å². The average molecular weight is 322 g/mol. The normalized spacial score (nSPS) is 20.8. The minimum atomic E-state index is 0.0393. The lowest BCUT2D eigenvalue weighted by molar-refractivity contribution is 0.191. The Balaban J connectivity index is 1.66. The van der Waals surface area contributed by atoms with Crippen molar-refractivity contribution in [2.24, 2.45) is 0 Å². The molecule has 0 heterocycles. The molecule has 0 spiro atoms. The van der Waals surface area contributed by atoms with Crippen molar-refractivity contribution in [2.45, 2.75) is 43.4 Å². The quantitative estimate of drug-likeness (QED) is 0.791. The smallest absolute Gasteiger partial charge is 0.317 e. The number of urea groups is 1. The van der Waals surface area contributed by atoms with Crippen LogP contribution in [-0.4, -0.2) is 47.2 Å². The predicted octanol–water partition coefficient (Wildman–Crippen LogP) is 3.25. The summed E-state index contributed by atoms with van der Waals surface area (Å²) in [7, 11) is 1.91. The van der Waals surface area contributed by atoms with Crippen LogP contribution in [0, 0.1) is 0 Å². The molecule has 0 saturated heterocycles. The second-order valence-electron chi connectivity index (χ2n) is 5.94. The minimum absolute atomic E-state index is 0.0393. The van der Waals surface area contributed by atoms with Crippen molar-refractivity contribution in [3.8, 4) is 5.75 Å². The fraction of sp³-hybridized carbons (Fsp3) is 0.588. The van der Waals surface area contributed by atoms with Crippen molar-refractivity contribution in [3.05, 3.63) is 29.8 Å². The summed E-state index contributed by atoms with van der Waals surface area (Å²) in [6, 6.07) is 7.66. The molecule has 2 amide bonds. The number of thioether (sulfide) groups is 1. The molecule has 1 aromatic carbocycles. The number of rotatable bonds is 6. The lowest BCUT2D eigenvalue weighted by Gasteiger charge is -2.25. The molecule has 5 heteroatoms. The Bertz CT molecular complexity index is 478. The van der Waals surface area contributed by atoms with Crippen molar-refractivity contribution in [2.75, 3.05) is 19.8 Å². The molecule has 122 valence electrons. The highest BCUT2D eigenvalue weighted by Gasteiger charge is 2.29. The van der Waals surface area contributed by atoms with Gasteiger partial charge in [-0.25, -0.2) is 4.79 Å². The second-order valence-corrected chi connectivity index (χ2v) is 7.08. The van der Waals surface area contributed by atoms with Gasteiger partial charge in [0.1, 0.15) is 5.75 Å². The van der Waals surface area contributed by atoms with Gasteiger partial charge < -0.3 is 15.3 Å². The Morgan fingerprint density at radius 2 is 2.09 bits per heavy atom. The van der Waals surface area contributed by atoms with Crippen LogP contribution in [0.4, 0.5) is 4.79 Å². The van der Waals surface area contributed by atoms with Crippen LogP contribution in [0.25, 0.3) is 0 Å². The van der Waals surface area contributed by atoms with E-state index in [1.165, 1.54) is 12.0 Å². The summed E-state index contributed by atoms with van der Waals surface area (Å²) >= 11 is 1.91. The van der Waals surface area contributed by atoms with E-state index in [-0.39, 0.29) is 6.03 Å². The lowest BCUT2D eigenvalue weighted by atomic mass is 10.1. The highest BCUT2D eigenvalue weighted by molar-refractivity contribution is 7.99. The van der Waals surface area contributed by atoms with E-state index >= 15 is 0 Å². The summed E-state index contributed by atoms with van der Waals surface area (Å²) in [5.41, 5.74) is 1.18. The van der Waals surface area contributed by atoms with E-state index < -0.39 is 0 Å². The van der Waals surface area contributed by atoms with Crippen molar-refractivity contribution in [1.82, 2.24) is 10.2 Å². The van der Waals surface area contributed by atoms with Crippen LogP contribution in [0.3, 0.4) is 0 Å². The molecule has 2 N–H and O–H groups in total. The summed E-state index contributed by atoms with van der Waals surface area (Å²) in [4.78, 5) is 14.0. The zero-order valence-electron chi connectivity index (χ0n) is 13.4. The molecule has 1 saturated carbocycles. The SMILES string of the molecule is CS[C@H]1CC[C@H](N(C)C(=O)NCCCc2ccc(O)cc2)C1. The molecule has 0 unspecified atom stereocenters. The topological polar surface area (TPSA) is 52.6 Å². The van der Waals surface area contributed by atoms with Crippen molar-refractivity contribution in [3.63, 3.8) is 0 Å². The third-order valence-electron chi connectivity index (χ3n) is 4.41. The van der Waals surface area contributed by atoms with Crippen LogP contribution < -0.4 is 5.32 Å². The number of hydrogen-bond donors (Lipinski definition) is 2. The number of amides is 2. The highest BCUT2D eigenvalue weighted by Crippen LogP contribution is 2.30. The van der Waals surface area contributed by atoms with Crippen LogP contribution in [0.2, 0.25) is 0 Å². The Morgan fingerprint density at radius 1 is 1.36 bits per heavy atom. The molecule has 2 rings (SSSR count). The van der Waals surface area contributed by atoms with E-state index in [2.05, 4.69) is 11.6 Å². The molecule has 1 aromatic rings. The first-order valence-corrected chi connectivity index (χ1v) is 9.20. The van der Waals surface area contributed by atoms with E-state index in [1.54, 1.807) is 12.1 Å². The summed E-state index contributed by atoms with van der Waals surface area (Å²) < 4.78 is 0. The molecule has 0 aliphatic heterocycles. The third kappa shape index (κ3) is 4.83. The van der Waals surface area contributed by atoms with E-state index in [0.717, 1.165) is 25.7 Å². The van der Waals surface area contributed by atoms with Gasteiger partial charge in [-0.1, -0.05) is 12.1 Å². The number of aromatic hydroxyl groups is 1. The second kappa shape index (κ2) is 8.32. The molecule has 1 fully saturated rings. The molecule has 1 aliphatic carbocycles. The maximum absolute atomic E-state index is 12.2. The van der Waals surface area contributed by atoms with Crippen LogP contribution in [-0.2, 0) is 6.42 Å². The monoisotopic (exact) mass is 322 g/mol. The Hall–Kier alpha value is -1.36. The predicted molar refractivity (Wildman–Crippen MR) is 92.5 cm³/mol. The van der Waals surface area contributed by atoms with E-state index in [4.69, 9.17) is 0 Å². The summed E-state index contributed by atoms with van der Waals surface area (Å²) in [6.45, 7) is 0.683. The van der Waals surface area contributed by atoms with Crippen molar-refractivity contribution >= 4 is 17.8 Å². The summed E-state index contributed by atoms with van der Waals surface area (Å²) in [5, 5.41) is 12.9. The largest absolute Gasteiger partial charge is 0.508 e. The standard InChI is InChI=1S/C17H26N2O2S/c1-19(14-7-10-16(12-14)22-2)17(21)18-11-3-4-13-5-8-15(20)9-6-13/h5-6,8-9,14,16,20H,3-4,7,10-12H2,1-2H3,(H,18,21)/t14-,16-/m0/s1. The Morgan fingerprint density at radius 3 is 2.73 bits per heavy atom. The first-order chi connectivity index (χ1) is 10.6. The van der Waals surface area contributed by atoms with Gasteiger partial charge in [0.15, 0.2) is 0 Å². The number of hydrogen-bond acceptors (Lipinski definition) is 3. The molecule has 22 heavy (non-hydrogen) atoms. The van der Waals surface area contributed by atoms with Gasteiger partial charge in [0.25, 0.3) is 0 Å². The van der Waals surface area contributed by atoms with Crippen molar-refractivity contribution in [1.29, 1.82) is 0 Å². The summed E-state index contributed by atoms with van der Waals surface area (Å²) in [6.07, 6.45) is 7.40. The third-order valence-corrected chi connectivity index (χ3v) is 5.51. The zero-order chi connectivity index (χ0) is 15.9. The zero-order valence-corrected chi connectivity index (χ0v) is 14.2. The Kier molecular flexibility index (Phi) is 6.43. The number of benzene rings is 1. The van der Waals surface area contributed by atoms with Gasteiger partial charge in [-0.05, 0) is 56.1 Å². The van der Waals surface area contributed by atoms with Gasteiger partial charge in [-0.3, -0.25) is 0 Å². The van der Waals surface area contributed by atoms with Gasteiger partial charge in [0.05, 0.1) is 0 Å². The maximum Gasteiger partial charge on any atom is 0.317 e. The van der Waals surface area contributed by atoms with E-state index in [0.29, 0.717) is 23.6 Å². The number of phenolic OH excluding ortho intramolecular Hbond substituents is 1. The fourth-order valence-corrected chi connectivity index (χ4v) is 3.71. The molecule has 4 nitrogen and oxygen atoms in total. The van der Waals surface area contributed by atoms with Crippen molar-refractivity contribution < 1.29 is 9.90 Å². The van der Waals surface area contributed by atoms with Gasteiger partial charge in [0, 0.05) is 24.9 Å². The average Bonchev–Trinajstić information content (AvgIpc) is 3.01. The number of aryl methyl sites for hydroxylation is 1. The highest BCUT2D eigenvalue weighted by atomic mass is 32.2. The van der Waals surface area contributed by atoms with Gasteiger partial charge in [-0.15, -0.1) is 0 Å². The number of nitrogens with zero attached hydrogens (tertiary/aromatic N) is 1. The molecule has 1 aliphatic rings. The van der Waals surface area contributed by atoms with Gasteiger partial charge in [-0.2, -0.15) is 11.8 Å². The molecule has 0 bridgehead atoms. The first-order valence-electron chi connectivity index (χ1n) is 7.91. The number of carbonyl (C=O) groups excluding carboxylic acids is 1. The van der Waals surface area contributed by atoms with Crippen LogP contribution in [0.5, 0.6) is 5.75 Å². The lowest BCUT2D eigenvalue weighted by Crippen LogP contribution is -2.43. The number of phenols is 1. The van der Waals surface area contributed by atoms with Crippen LogP contribution in [0.1, 0.15) is 31.2 Å². The molecule has 0 radical (unpaired) electrons. The number of carbonyl (C=O) groups is 1. The molecular formula is C17H26N2O2S. The summed E-state index contributed by atoms with van der Waals surface area (Å²) in [5.74, 6) is 0.291. The van der Waals surface area contributed by atoms with Crippen LogP contribution >= 0.6 is 11.8 Å². The van der Waals surface area contributed by atoms with Crippen LogP contribution in [0.15, 0.2) is 24.3 Å². The molecule has 0 aromatic heterocycles. The van der Waals surface area contributed by atoms with E-state index in [1.807, 2.05) is 35.8 Å². The molecule has 2 atom stereocenters. The van der Waals surface area contributed by atoms with Gasteiger partial charge in [0.2, 0.25) is 0 Å². The van der Waals surface area contributed by atoms with Gasteiger partial charge >= 0.3 is 6.03 Å². The minimum Gasteiger partial charge on any atom is -0.508 e. The number of nitrogens with one attached hydrogen (secondary N) is 1. The Labute approximate surface area is 137 Å². The fourth-order valence-electron chi connectivity index (χ4n) is 2.92.